The lowest BCUT2D eigenvalue weighted by Crippen LogP contribution is -2.32. The number of hydrogen-bond donors (Lipinski definition) is 0. The van der Waals surface area contributed by atoms with Crippen LogP contribution >= 0.6 is 0 Å². The molecule has 29 heavy (non-hydrogen) atoms. The zero-order valence-corrected chi connectivity index (χ0v) is 18.2. The molecule has 0 N–H and O–H groups in total. The van der Waals surface area contributed by atoms with E-state index in [1.807, 2.05) is 0 Å². The average Bonchev–Trinajstić information content (AvgIpc) is 2.67. The number of aryl methyl sites for hydroxylation is 4. The molecule has 0 saturated heterocycles. The van der Waals surface area contributed by atoms with Crippen molar-refractivity contribution in [2.75, 3.05) is 0 Å². The summed E-state index contributed by atoms with van der Waals surface area (Å²) >= 11 is 0. The van der Waals surface area contributed by atoms with Crippen molar-refractivity contribution in [2.24, 2.45) is 13.0 Å². The molecule has 2 heteroatoms. The van der Waals surface area contributed by atoms with E-state index in [9.17, 15) is 0 Å². The Hall–Kier alpha value is -2.87. The number of fused-ring (bicyclic) bond motifs is 3. The van der Waals surface area contributed by atoms with Crippen molar-refractivity contribution in [3.8, 4) is 22.8 Å². The zero-order chi connectivity index (χ0) is 20.4. The van der Waals surface area contributed by atoms with Gasteiger partial charge in [0.1, 0.15) is 18.5 Å². The van der Waals surface area contributed by atoms with Gasteiger partial charge >= 0.3 is 0 Å². The molecule has 1 aromatic heterocycles. The third-order valence-corrected chi connectivity index (χ3v) is 6.27. The molecule has 1 aliphatic heterocycles. The minimum absolute atomic E-state index is 0.647. The number of pyridine rings is 1. The lowest BCUT2D eigenvalue weighted by molar-refractivity contribution is -0.659. The highest BCUT2D eigenvalue weighted by molar-refractivity contribution is 6.06. The Kier molecular flexibility index (Phi) is 3.96. The topological polar surface area (TPSA) is 13.1 Å². The van der Waals surface area contributed by atoms with Crippen molar-refractivity contribution in [1.82, 2.24) is 0 Å². The minimum atomic E-state index is 0.647. The number of aromatic nitrogens is 1. The van der Waals surface area contributed by atoms with Crippen LogP contribution in [0.2, 0.25) is 0 Å². The Morgan fingerprint density at radius 3 is 2.48 bits per heavy atom. The van der Waals surface area contributed by atoms with Crippen LogP contribution < -0.4 is 9.30 Å². The van der Waals surface area contributed by atoms with E-state index in [2.05, 4.69) is 88.8 Å². The van der Waals surface area contributed by atoms with Crippen LogP contribution in [0.15, 0.2) is 42.6 Å². The fourth-order valence-electron chi connectivity index (χ4n) is 4.95. The molecule has 2 nitrogen and oxygen atoms in total. The van der Waals surface area contributed by atoms with Crippen LogP contribution in [-0.2, 0) is 13.5 Å². The highest BCUT2D eigenvalue weighted by atomic mass is 16.5. The van der Waals surface area contributed by atoms with Crippen LogP contribution in [0.4, 0.5) is 0 Å². The van der Waals surface area contributed by atoms with Crippen molar-refractivity contribution >= 4 is 21.5 Å². The quantitative estimate of drug-likeness (QED) is 0.309. The van der Waals surface area contributed by atoms with E-state index in [0.29, 0.717) is 5.92 Å². The van der Waals surface area contributed by atoms with Gasteiger partial charge < -0.3 is 4.74 Å². The van der Waals surface area contributed by atoms with Gasteiger partial charge in [-0.3, -0.25) is 0 Å². The molecule has 5 rings (SSSR count). The molecule has 0 saturated carbocycles. The molecule has 1 aliphatic rings. The normalized spacial score (nSPS) is 12.5. The van der Waals surface area contributed by atoms with Crippen LogP contribution in [-0.4, -0.2) is 0 Å². The van der Waals surface area contributed by atoms with E-state index < -0.39 is 0 Å². The third kappa shape index (κ3) is 2.66. The maximum Gasteiger partial charge on any atom is 0.228 e. The summed E-state index contributed by atoms with van der Waals surface area (Å²) in [6, 6.07) is 13.6. The third-order valence-electron chi connectivity index (χ3n) is 6.27. The van der Waals surface area contributed by atoms with E-state index in [0.717, 1.165) is 17.9 Å². The molecular weight excluding hydrogens is 354 g/mol. The van der Waals surface area contributed by atoms with Crippen molar-refractivity contribution in [3.05, 3.63) is 64.8 Å². The molecule has 2 heterocycles. The number of hydrogen-bond acceptors (Lipinski definition) is 1. The minimum Gasteiger partial charge on any atom is -0.455 e. The molecule has 0 unspecified atom stereocenters. The van der Waals surface area contributed by atoms with E-state index in [1.165, 1.54) is 55.1 Å². The van der Waals surface area contributed by atoms with Gasteiger partial charge in [0.05, 0.1) is 10.9 Å². The van der Waals surface area contributed by atoms with Crippen molar-refractivity contribution in [2.45, 2.75) is 41.0 Å². The summed E-state index contributed by atoms with van der Waals surface area (Å²) in [5, 5.41) is 5.09. The first-order valence-corrected chi connectivity index (χ1v) is 10.5. The summed E-state index contributed by atoms with van der Waals surface area (Å²) < 4.78 is 8.86. The van der Waals surface area contributed by atoms with Gasteiger partial charge in [0, 0.05) is 11.6 Å². The molecule has 0 bridgehead atoms. The SMILES string of the molecule is Cc1cc2c3c([n+](C)ccc3c1)-c1c(c(C)c3cc(CC(C)C)ccc3c1C)O2. The summed E-state index contributed by atoms with van der Waals surface area (Å²) in [5.41, 5.74) is 7.64. The largest absolute Gasteiger partial charge is 0.455 e. The van der Waals surface area contributed by atoms with Gasteiger partial charge in [-0.1, -0.05) is 38.1 Å². The zero-order valence-electron chi connectivity index (χ0n) is 18.2. The van der Waals surface area contributed by atoms with Crippen LogP contribution in [0.3, 0.4) is 0 Å². The molecular formula is C27H28NO+. The molecule has 0 aliphatic carbocycles. The molecule has 0 spiro atoms. The van der Waals surface area contributed by atoms with E-state index >= 15 is 0 Å². The standard InChI is InChI=1S/C27H28NO/c1-15(2)11-19-7-8-21-17(4)24-26-25-20(9-10-28(26)6)12-16(3)13-23(25)29-27(24)18(5)22(21)14-19/h7-10,12-15H,11H2,1-6H3/q+1. The predicted octanol–water partition coefficient (Wildman–Crippen LogP) is 6.71. The Bertz CT molecular complexity index is 1310. The smallest absolute Gasteiger partial charge is 0.228 e. The highest BCUT2D eigenvalue weighted by Crippen LogP contribution is 2.50. The summed E-state index contributed by atoms with van der Waals surface area (Å²) in [6.45, 7) is 11.1. The first-order chi connectivity index (χ1) is 13.8. The summed E-state index contributed by atoms with van der Waals surface area (Å²) in [4.78, 5) is 0. The van der Waals surface area contributed by atoms with Crippen LogP contribution in [0, 0.1) is 26.7 Å². The fraction of sp³-hybridized carbons (Fsp3) is 0.296. The second-order valence-corrected chi connectivity index (χ2v) is 9.04. The molecule has 0 atom stereocenters. The summed E-state index contributed by atoms with van der Waals surface area (Å²) in [6.07, 6.45) is 3.27. The van der Waals surface area contributed by atoms with Gasteiger partial charge in [-0.05, 0) is 72.0 Å². The molecule has 3 aromatic carbocycles. The maximum absolute atomic E-state index is 6.61. The van der Waals surface area contributed by atoms with Crippen LogP contribution in [0.5, 0.6) is 11.5 Å². The lowest BCUT2D eigenvalue weighted by atomic mass is 9.87. The molecule has 0 amide bonds. The van der Waals surface area contributed by atoms with Gasteiger partial charge in [-0.25, -0.2) is 4.57 Å². The molecule has 0 fully saturated rings. The van der Waals surface area contributed by atoms with Crippen molar-refractivity contribution in [1.29, 1.82) is 0 Å². The van der Waals surface area contributed by atoms with Gasteiger partial charge in [0.25, 0.3) is 0 Å². The lowest BCUT2D eigenvalue weighted by Gasteiger charge is -2.24. The fourth-order valence-corrected chi connectivity index (χ4v) is 4.95. The second kappa shape index (κ2) is 6.32. The van der Waals surface area contributed by atoms with Gasteiger partial charge in [0.2, 0.25) is 5.69 Å². The van der Waals surface area contributed by atoms with E-state index in [-0.39, 0.29) is 0 Å². The van der Waals surface area contributed by atoms with Gasteiger partial charge in [0.15, 0.2) is 6.20 Å². The predicted molar refractivity (Wildman–Crippen MR) is 121 cm³/mol. The first kappa shape index (κ1) is 18.2. The van der Waals surface area contributed by atoms with Crippen LogP contribution in [0.25, 0.3) is 32.8 Å². The van der Waals surface area contributed by atoms with Crippen molar-refractivity contribution < 1.29 is 9.30 Å². The van der Waals surface area contributed by atoms with Gasteiger partial charge in [-0.2, -0.15) is 0 Å². The molecule has 146 valence electrons. The number of ether oxygens (including phenoxy) is 1. The number of rotatable bonds is 2. The monoisotopic (exact) mass is 382 g/mol. The highest BCUT2D eigenvalue weighted by Gasteiger charge is 2.31. The number of benzene rings is 3. The molecule has 0 radical (unpaired) electrons. The Morgan fingerprint density at radius 2 is 1.72 bits per heavy atom. The van der Waals surface area contributed by atoms with Crippen molar-refractivity contribution in [3.63, 3.8) is 0 Å². The summed E-state index contributed by atoms with van der Waals surface area (Å²) in [5.74, 6) is 2.63. The van der Waals surface area contributed by atoms with E-state index in [1.54, 1.807) is 0 Å². The molecule has 4 aromatic rings. The Balaban J connectivity index is 1.89. The van der Waals surface area contributed by atoms with Gasteiger partial charge in [-0.15, -0.1) is 0 Å². The number of nitrogens with zero attached hydrogens (tertiary/aromatic N) is 1. The van der Waals surface area contributed by atoms with E-state index in [4.69, 9.17) is 4.74 Å². The van der Waals surface area contributed by atoms with Crippen LogP contribution in [0.1, 0.15) is 36.1 Å². The Morgan fingerprint density at radius 1 is 0.931 bits per heavy atom. The average molecular weight is 383 g/mol. The second-order valence-electron chi connectivity index (χ2n) is 9.04. The summed E-state index contributed by atoms with van der Waals surface area (Å²) in [7, 11) is 2.14. The maximum atomic E-state index is 6.61. The Labute approximate surface area is 172 Å². The first-order valence-electron chi connectivity index (χ1n) is 10.5.